The molecule has 50 valence electrons. The Morgan fingerprint density at radius 2 is 1.67 bits per heavy atom. The second-order valence-corrected chi connectivity index (χ2v) is 1.49. The third-order valence-electron chi connectivity index (χ3n) is 0.758. The Bertz CT molecular complexity index is 129. The topological polar surface area (TPSA) is 34.4 Å². The maximum Gasteiger partial charge on any atom is 0.375 e. The summed E-state index contributed by atoms with van der Waals surface area (Å²) in [5, 5.41) is 9.77. The minimum atomic E-state index is 0.333. The molecule has 0 aliphatic carbocycles. The minimum absolute atomic E-state index is 0.333. The molecule has 0 radical (unpaired) electrons. The Kier molecular flexibility index (Phi) is 4.50. The number of ketones is 1. The van der Waals surface area contributed by atoms with Gasteiger partial charge in [-0.1, -0.05) is 12.2 Å². The predicted octanol–water partition coefficient (Wildman–Crippen LogP) is 0.519. The second kappa shape index (κ2) is 5.09. The van der Waals surface area contributed by atoms with Crippen molar-refractivity contribution in [2.45, 2.75) is 13.8 Å². The number of carbonyl (C=O) groups excluding carboxylic acids is 1. The minimum Gasteiger partial charge on any atom is -0.462 e. The van der Waals surface area contributed by atoms with Gasteiger partial charge in [0.25, 0.3) is 0 Å². The van der Waals surface area contributed by atoms with Crippen LogP contribution in [0.3, 0.4) is 0 Å². The van der Waals surface area contributed by atoms with Gasteiger partial charge in [0.2, 0.25) is 0 Å². The van der Waals surface area contributed by atoms with E-state index >= 15 is 0 Å². The maximum absolute atomic E-state index is 9.77. The second-order valence-electron chi connectivity index (χ2n) is 1.49. The number of hydrogen-bond donors (Lipinski definition) is 0. The molecule has 0 saturated carbocycles. The lowest BCUT2D eigenvalue weighted by molar-refractivity contribution is -1.05. The summed E-state index contributed by atoms with van der Waals surface area (Å²) in [5.41, 5.74) is 0. The molecule has 0 bridgehead atoms. The van der Waals surface area contributed by atoms with Gasteiger partial charge in [0.1, 0.15) is 0 Å². The van der Waals surface area contributed by atoms with Crippen LogP contribution in [0.2, 0.25) is 0 Å². The SMILES string of the molecule is C/C=C/C(/C=C/C)=[O+][O-]. The quantitative estimate of drug-likeness (QED) is 0.230. The van der Waals surface area contributed by atoms with Crippen molar-refractivity contribution >= 4 is 5.78 Å². The number of allylic oxidation sites excluding steroid dienone is 4. The molecule has 0 saturated heterocycles. The molecule has 0 aliphatic heterocycles. The van der Waals surface area contributed by atoms with E-state index in [0.29, 0.717) is 5.78 Å². The van der Waals surface area contributed by atoms with E-state index in [1.807, 2.05) is 13.8 Å². The van der Waals surface area contributed by atoms with Crippen LogP contribution in [0.25, 0.3) is 0 Å². The van der Waals surface area contributed by atoms with Crippen LogP contribution < -0.4 is 5.26 Å². The van der Waals surface area contributed by atoms with Crippen molar-refractivity contribution in [3.8, 4) is 0 Å². The van der Waals surface area contributed by atoms with Gasteiger partial charge < -0.3 is 5.26 Å². The molecule has 0 aromatic rings. The van der Waals surface area contributed by atoms with E-state index in [1.54, 1.807) is 24.3 Å². The summed E-state index contributed by atoms with van der Waals surface area (Å²) >= 11 is 0. The van der Waals surface area contributed by atoms with Gasteiger partial charge in [-0.05, 0) is 13.8 Å². The zero-order chi connectivity index (χ0) is 7.11. The molecule has 0 N–H and O–H groups in total. The third-order valence-corrected chi connectivity index (χ3v) is 0.758. The summed E-state index contributed by atoms with van der Waals surface area (Å²) in [6.45, 7) is 3.64. The molecule has 0 aromatic heterocycles. The molecule has 0 unspecified atom stereocenters. The van der Waals surface area contributed by atoms with Gasteiger partial charge in [-0.2, -0.15) is 4.58 Å². The average molecular weight is 126 g/mol. The first-order chi connectivity index (χ1) is 4.35. The Labute approximate surface area is 54.8 Å². The van der Waals surface area contributed by atoms with Crippen molar-refractivity contribution in [1.82, 2.24) is 0 Å². The van der Waals surface area contributed by atoms with E-state index in [9.17, 15) is 5.26 Å². The van der Waals surface area contributed by atoms with Crippen molar-refractivity contribution in [1.29, 1.82) is 0 Å². The van der Waals surface area contributed by atoms with E-state index in [4.69, 9.17) is 0 Å². The Morgan fingerprint density at radius 1 is 1.22 bits per heavy atom. The van der Waals surface area contributed by atoms with Gasteiger partial charge in [-0.25, -0.2) is 0 Å². The average Bonchev–Trinajstić information content (AvgIpc) is 1.88. The van der Waals surface area contributed by atoms with E-state index in [-0.39, 0.29) is 0 Å². The summed E-state index contributed by atoms with van der Waals surface area (Å²) in [5.74, 6) is 0.333. The summed E-state index contributed by atoms with van der Waals surface area (Å²) in [7, 11) is 0. The lowest BCUT2D eigenvalue weighted by Crippen LogP contribution is -2.04. The van der Waals surface area contributed by atoms with Crippen LogP contribution in [0.1, 0.15) is 13.8 Å². The summed E-state index contributed by atoms with van der Waals surface area (Å²) in [6.07, 6.45) is 6.69. The predicted molar refractivity (Wildman–Crippen MR) is 34.6 cm³/mol. The monoisotopic (exact) mass is 126 g/mol. The normalized spacial score (nSPS) is 10.9. The largest absolute Gasteiger partial charge is 0.462 e. The van der Waals surface area contributed by atoms with Crippen LogP contribution >= 0.6 is 0 Å². The molecule has 0 fully saturated rings. The van der Waals surface area contributed by atoms with Crippen molar-refractivity contribution in [2.24, 2.45) is 0 Å². The molecule has 2 heteroatoms. The van der Waals surface area contributed by atoms with Crippen molar-refractivity contribution in [3.63, 3.8) is 0 Å². The van der Waals surface area contributed by atoms with Gasteiger partial charge in [0, 0.05) is 12.2 Å². The summed E-state index contributed by atoms with van der Waals surface area (Å²) in [4.78, 5) is 0. The molecular formula is C7H10O2. The highest BCUT2D eigenvalue weighted by atomic mass is 17.1. The fourth-order valence-corrected chi connectivity index (χ4v) is 0.440. The van der Waals surface area contributed by atoms with Crippen LogP contribution in [-0.2, 0) is 4.58 Å². The first kappa shape index (κ1) is 7.95. The highest BCUT2D eigenvalue weighted by Crippen LogP contribution is 1.79. The van der Waals surface area contributed by atoms with Gasteiger partial charge in [0.15, 0.2) is 0 Å². The fraction of sp³-hybridized carbons (Fsp3) is 0.286. The molecule has 0 heterocycles. The van der Waals surface area contributed by atoms with Crippen molar-refractivity contribution in [3.05, 3.63) is 24.3 Å². The molecule has 0 rings (SSSR count). The highest BCUT2D eigenvalue weighted by molar-refractivity contribution is 5.99. The first-order valence-electron chi connectivity index (χ1n) is 2.77. The molecule has 0 spiro atoms. The van der Waals surface area contributed by atoms with Crippen molar-refractivity contribution in [2.75, 3.05) is 0 Å². The van der Waals surface area contributed by atoms with Crippen LogP contribution in [0.15, 0.2) is 24.3 Å². The Balaban J connectivity index is 4.01. The molecule has 0 aromatic carbocycles. The van der Waals surface area contributed by atoms with E-state index in [2.05, 4.69) is 4.58 Å². The Morgan fingerprint density at radius 3 is 1.89 bits per heavy atom. The van der Waals surface area contributed by atoms with Crippen LogP contribution in [-0.4, -0.2) is 5.78 Å². The van der Waals surface area contributed by atoms with Crippen LogP contribution in [0, 0.1) is 0 Å². The van der Waals surface area contributed by atoms with Crippen LogP contribution in [0.5, 0.6) is 0 Å². The lowest BCUT2D eigenvalue weighted by Gasteiger charge is -1.75. The Hall–Kier alpha value is -1.05. The molecule has 0 atom stereocenters. The highest BCUT2D eigenvalue weighted by Gasteiger charge is 1.95. The molecule has 2 nitrogen and oxygen atoms in total. The first-order valence-corrected chi connectivity index (χ1v) is 2.77. The van der Waals surface area contributed by atoms with E-state index in [1.165, 1.54) is 0 Å². The summed E-state index contributed by atoms with van der Waals surface area (Å²) < 4.78 is 3.72. The van der Waals surface area contributed by atoms with Crippen molar-refractivity contribution < 1.29 is 9.83 Å². The molecule has 0 aliphatic rings. The molecule has 0 amide bonds. The molecule has 9 heavy (non-hydrogen) atoms. The van der Waals surface area contributed by atoms with Gasteiger partial charge in [-0.15, -0.1) is 0 Å². The maximum atomic E-state index is 9.77. The van der Waals surface area contributed by atoms with Gasteiger partial charge in [-0.3, -0.25) is 0 Å². The third kappa shape index (κ3) is 3.53. The molecular weight excluding hydrogens is 116 g/mol. The van der Waals surface area contributed by atoms with Gasteiger partial charge >= 0.3 is 5.78 Å². The van der Waals surface area contributed by atoms with Gasteiger partial charge in [0.05, 0.1) is 0 Å². The lowest BCUT2D eigenvalue weighted by atomic mass is 10.3. The standard InChI is InChI=1S/C7H10O2/c1-3-5-7(9-8)6-4-2/h3-6H,1-2H3/b5-3+,6-4+. The smallest absolute Gasteiger partial charge is 0.375 e. The van der Waals surface area contributed by atoms with E-state index < -0.39 is 0 Å². The zero-order valence-corrected chi connectivity index (χ0v) is 5.63. The zero-order valence-electron chi connectivity index (χ0n) is 5.63. The number of rotatable bonds is 2. The number of hydrogen-bond acceptors (Lipinski definition) is 1. The van der Waals surface area contributed by atoms with Crippen LogP contribution in [0.4, 0.5) is 0 Å². The van der Waals surface area contributed by atoms with E-state index in [0.717, 1.165) is 0 Å². The summed E-state index contributed by atoms with van der Waals surface area (Å²) in [6, 6.07) is 0. The fourth-order valence-electron chi connectivity index (χ4n) is 0.440.